The summed E-state index contributed by atoms with van der Waals surface area (Å²) in [4.78, 5) is 31.2. The summed E-state index contributed by atoms with van der Waals surface area (Å²) in [6.07, 6.45) is 7.46. The molecular formula is C19H30N6O. The minimum Gasteiger partial charge on any atom is -0.340 e. The number of hydrogen-bond acceptors (Lipinski definition) is 6. The molecule has 1 unspecified atom stereocenters. The number of carbonyl (C=O) groups is 1. The SMILES string of the molecule is CCC1C(=O)N(C)c2cnc(N3CCN(C)CC3)nc2N1C1CCCC1. The normalized spacial score (nSPS) is 25.1. The van der Waals surface area contributed by atoms with E-state index in [2.05, 4.69) is 33.7 Å². The maximum atomic E-state index is 12.9. The molecule has 7 nitrogen and oxygen atoms in total. The molecule has 1 aliphatic carbocycles. The Kier molecular flexibility index (Phi) is 4.73. The molecule has 1 saturated heterocycles. The van der Waals surface area contributed by atoms with Crippen LogP contribution in [0.3, 0.4) is 0 Å². The maximum Gasteiger partial charge on any atom is 0.249 e. The molecule has 1 saturated carbocycles. The molecule has 1 amide bonds. The number of piperazine rings is 1. The first-order valence-electron chi connectivity index (χ1n) is 9.96. The summed E-state index contributed by atoms with van der Waals surface area (Å²) in [6, 6.07) is 0.317. The fraction of sp³-hybridized carbons (Fsp3) is 0.737. The molecule has 0 spiro atoms. The molecule has 0 aromatic carbocycles. The van der Waals surface area contributed by atoms with Crippen molar-refractivity contribution in [2.45, 2.75) is 51.1 Å². The lowest BCUT2D eigenvalue weighted by Crippen LogP contribution is -2.55. The van der Waals surface area contributed by atoms with Gasteiger partial charge in [0, 0.05) is 39.3 Å². The van der Waals surface area contributed by atoms with Crippen LogP contribution in [0.4, 0.5) is 17.5 Å². The van der Waals surface area contributed by atoms with Crippen LogP contribution in [0.5, 0.6) is 0 Å². The number of fused-ring (bicyclic) bond motifs is 1. The van der Waals surface area contributed by atoms with Crippen molar-refractivity contribution >= 4 is 23.4 Å². The van der Waals surface area contributed by atoms with E-state index < -0.39 is 0 Å². The average Bonchev–Trinajstić information content (AvgIpc) is 3.19. The van der Waals surface area contributed by atoms with Crippen molar-refractivity contribution in [1.29, 1.82) is 0 Å². The third-order valence-corrected chi connectivity index (χ3v) is 6.19. The minimum absolute atomic E-state index is 0.106. The van der Waals surface area contributed by atoms with E-state index in [0.717, 1.165) is 62.9 Å². The largest absolute Gasteiger partial charge is 0.340 e. The second-order valence-electron chi connectivity index (χ2n) is 7.84. The molecule has 2 aliphatic heterocycles. The van der Waals surface area contributed by atoms with Crippen LogP contribution in [-0.4, -0.2) is 73.1 Å². The first-order chi connectivity index (χ1) is 12.6. The molecule has 1 aromatic heterocycles. The number of amides is 1. The Morgan fingerprint density at radius 2 is 1.81 bits per heavy atom. The predicted octanol–water partition coefficient (Wildman–Crippen LogP) is 1.73. The van der Waals surface area contributed by atoms with Gasteiger partial charge >= 0.3 is 0 Å². The lowest BCUT2D eigenvalue weighted by molar-refractivity contribution is -0.120. The van der Waals surface area contributed by atoms with Crippen LogP contribution < -0.4 is 14.7 Å². The lowest BCUT2D eigenvalue weighted by atomic mass is 10.0. The molecular weight excluding hydrogens is 328 g/mol. The Hall–Kier alpha value is -1.89. The summed E-state index contributed by atoms with van der Waals surface area (Å²) >= 11 is 0. The maximum absolute atomic E-state index is 12.9. The van der Waals surface area contributed by atoms with Crippen molar-refractivity contribution in [2.24, 2.45) is 0 Å². The van der Waals surface area contributed by atoms with Gasteiger partial charge in [0.05, 0.1) is 6.20 Å². The highest BCUT2D eigenvalue weighted by molar-refractivity contribution is 6.04. The predicted molar refractivity (Wildman–Crippen MR) is 104 cm³/mol. The average molecular weight is 358 g/mol. The number of carbonyl (C=O) groups excluding carboxylic acids is 1. The summed E-state index contributed by atoms with van der Waals surface area (Å²) in [7, 11) is 4.01. The van der Waals surface area contributed by atoms with Gasteiger partial charge in [0.1, 0.15) is 11.7 Å². The van der Waals surface area contributed by atoms with Crippen LogP contribution in [0.25, 0.3) is 0 Å². The van der Waals surface area contributed by atoms with Crippen molar-refractivity contribution in [3.63, 3.8) is 0 Å². The number of anilines is 3. The van der Waals surface area contributed by atoms with Crippen molar-refractivity contribution in [1.82, 2.24) is 14.9 Å². The second kappa shape index (κ2) is 7.02. The lowest BCUT2D eigenvalue weighted by Gasteiger charge is -2.44. The van der Waals surface area contributed by atoms with Crippen molar-refractivity contribution in [3.8, 4) is 0 Å². The van der Waals surface area contributed by atoms with E-state index in [4.69, 9.17) is 4.98 Å². The van der Waals surface area contributed by atoms with E-state index in [9.17, 15) is 4.79 Å². The molecule has 7 heteroatoms. The summed E-state index contributed by atoms with van der Waals surface area (Å²) in [5, 5.41) is 0. The van der Waals surface area contributed by atoms with E-state index in [1.54, 1.807) is 4.90 Å². The van der Waals surface area contributed by atoms with Crippen LogP contribution in [0.1, 0.15) is 39.0 Å². The smallest absolute Gasteiger partial charge is 0.249 e. The van der Waals surface area contributed by atoms with Crippen LogP contribution in [0, 0.1) is 0 Å². The molecule has 0 radical (unpaired) electrons. The number of hydrogen-bond donors (Lipinski definition) is 0. The van der Waals surface area contributed by atoms with Gasteiger partial charge in [-0.05, 0) is 26.3 Å². The molecule has 2 fully saturated rings. The zero-order chi connectivity index (χ0) is 18.3. The van der Waals surface area contributed by atoms with Gasteiger partial charge in [0.25, 0.3) is 0 Å². The Morgan fingerprint density at radius 3 is 2.46 bits per heavy atom. The van der Waals surface area contributed by atoms with Gasteiger partial charge in [0.15, 0.2) is 5.82 Å². The van der Waals surface area contributed by atoms with Gasteiger partial charge < -0.3 is 19.6 Å². The Bertz CT molecular complexity index is 666. The third-order valence-electron chi connectivity index (χ3n) is 6.19. The number of aromatic nitrogens is 2. The highest BCUT2D eigenvalue weighted by Crippen LogP contribution is 2.40. The first kappa shape index (κ1) is 17.5. The summed E-state index contributed by atoms with van der Waals surface area (Å²) in [6.45, 7) is 6.06. The Morgan fingerprint density at radius 1 is 1.12 bits per heavy atom. The molecule has 0 N–H and O–H groups in total. The van der Waals surface area contributed by atoms with E-state index in [1.165, 1.54) is 12.8 Å². The van der Waals surface area contributed by atoms with E-state index in [-0.39, 0.29) is 11.9 Å². The van der Waals surface area contributed by atoms with Crippen LogP contribution in [-0.2, 0) is 4.79 Å². The Balaban J connectivity index is 1.72. The fourth-order valence-electron chi connectivity index (χ4n) is 4.53. The molecule has 142 valence electrons. The number of likely N-dealkylation sites (N-methyl/N-ethyl adjacent to an activating group) is 2. The zero-order valence-electron chi connectivity index (χ0n) is 16.2. The molecule has 1 aromatic rings. The topological polar surface area (TPSA) is 55.8 Å². The van der Waals surface area contributed by atoms with Crippen LogP contribution in [0.15, 0.2) is 6.20 Å². The van der Waals surface area contributed by atoms with E-state index in [1.807, 2.05) is 13.2 Å². The molecule has 26 heavy (non-hydrogen) atoms. The third kappa shape index (κ3) is 2.92. The Labute approximate surface area is 156 Å². The van der Waals surface area contributed by atoms with E-state index in [0.29, 0.717) is 6.04 Å². The highest BCUT2D eigenvalue weighted by atomic mass is 16.2. The molecule has 3 aliphatic rings. The molecule has 4 rings (SSSR count). The summed E-state index contributed by atoms with van der Waals surface area (Å²) in [5.74, 6) is 1.93. The van der Waals surface area contributed by atoms with Gasteiger partial charge in [-0.25, -0.2) is 4.98 Å². The van der Waals surface area contributed by atoms with Gasteiger partial charge in [-0.1, -0.05) is 19.8 Å². The molecule has 1 atom stereocenters. The highest BCUT2D eigenvalue weighted by Gasteiger charge is 2.41. The molecule has 0 bridgehead atoms. The van der Waals surface area contributed by atoms with Gasteiger partial charge in [-0.3, -0.25) is 4.79 Å². The molecule has 3 heterocycles. The van der Waals surface area contributed by atoms with Gasteiger partial charge in [-0.2, -0.15) is 4.98 Å². The number of nitrogens with zero attached hydrogens (tertiary/aromatic N) is 6. The zero-order valence-corrected chi connectivity index (χ0v) is 16.2. The van der Waals surface area contributed by atoms with E-state index >= 15 is 0 Å². The summed E-state index contributed by atoms with van der Waals surface area (Å²) in [5.41, 5.74) is 0.851. The first-order valence-corrected chi connectivity index (χ1v) is 9.96. The van der Waals surface area contributed by atoms with Crippen molar-refractivity contribution in [3.05, 3.63) is 6.20 Å². The number of rotatable bonds is 3. The monoisotopic (exact) mass is 358 g/mol. The fourth-order valence-corrected chi connectivity index (χ4v) is 4.53. The van der Waals surface area contributed by atoms with Gasteiger partial charge in [-0.15, -0.1) is 0 Å². The van der Waals surface area contributed by atoms with Gasteiger partial charge in [0.2, 0.25) is 11.9 Å². The minimum atomic E-state index is -0.106. The van der Waals surface area contributed by atoms with Crippen LogP contribution in [0.2, 0.25) is 0 Å². The van der Waals surface area contributed by atoms with Crippen LogP contribution >= 0.6 is 0 Å². The second-order valence-corrected chi connectivity index (χ2v) is 7.84. The summed E-state index contributed by atoms with van der Waals surface area (Å²) < 4.78 is 0. The van der Waals surface area contributed by atoms with Crippen molar-refractivity contribution < 1.29 is 4.79 Å². The van der Waals surface area contributed by atoms with Crippen molar-refractivity contribution in [2.75, 3.05) is 55.0 Å². The quantitative estimate of drug-likeness (QED) is 0.820. The standard InChI is InChI=1S/C19H30N6O/c1-4-15-18(26)23(3)16-13-20-19(24-11-9-22(2)10-12-24)21-17(16)25(15)14-7-5-6-8-14/h13-15H,4-12H2,1-3H3.